The number of anilines is 1. The lowest BCUT2D eigenvalue weighted by atomic mass is 10.1. The highest BCUT2D eigenvalue weighted by atomic mass is 15.2. The Hall–Kier alpha value is -1.16. The van der Waals surface area contributed by atoms with Gasteiger partial charge in [0.05, 0.1) is 18.1 Å². The molecule has 4 nitrogen and oxygen atoms in total. The third-order valence-electron chi connectivity index (χ3n) is 3.68. The Balaban J connectivity index is 1.86. The molecule has 1 N–H and O–H groups in total. The monoisotopic (exact) mass is 276 g/mol. The first-order chi connectivity index (χ1) is 9.69. The van der Waals surface area contributed by atoms with E-state index in [4.69, 9.17) is 0 Å². The molecule has 1 fully saturated rings. The Kier molecular flexibility index (Phi) is 5.77. The first kappa shape index (κ1) is 15.2. The van der Waals surface area contributed by atoms with Gasteiger partial charge >= 0.3 is 0 Å². The Morgan fingerprint density at radius 3 is 2.65 bits per heavy atom. The molecular formula is C16H28N4. The highest BCUT2D eigenvalue weighted by Gasteiger charge is 2.28. The fraction of sp³-hybridized carbons (Fsp3) is 0.750. The predicted octanol–water partition coefficient (Wildman–Crippen LogP) is 3.31. The van der Waals surface area contributed by atoms with E-state index >= 15 is 0 Å². The number of hydrogen-bond donors (Lipinski definition) is 1. The molecule has 2 rings (SSSR count). The summed E-state index contributed by atoms with van der Waals surface area (Å²) >= 11 is 0. The van der Waals surface area contributed by atoms with Gasteiger partial charge < -0.3 is 5.32 Å². The van der Waals surface area contributed by atoms with Gasteiger partial charge in [0, 0.05) is 19.1 Å². The lowest BCUT2D eigenvalue weighted by Gasteiger charge is -2.22. The number of hydrogen-bond acceptors (Lipinski definition) is 4. The minimum absolute atomic E-state index is 0.767. The summed E-state index contributed by atoms with van der Waals surface area (Å²) in [6, 6.07) is 0.786. The van der Waals surface area contributed by atoms with Crippen LogP contribution in [0.4, 0.5) is 5.82 Å². The maximum absolute atomic E-state index is 4.54. The van der Waals surface area contributed by atoms with Crippen LogP contribution in [-0.4, -0.2) is 34.0 Å². The van der Waals surface area contributed by atoms with Gasteiger partial charge in [0.1, 0.15) is 5.82 Å². The molecule has 0 spiro atoms. The van der Waals surface area contributed by atoms with E-state index in [-0.39, 0.29) is 0 Å². The predicted molar refractivity (Wildman–Crippen MR) is 83.7 cm³/mol. The van der Waals surface area contributed by atoms with Crippen LogP contribution in [0.2, 0.25) is 0 Å². The fourth-order valence-corrected chi connectivity index (χ4v) is 2.24. The zero-order valence-corrected chi connectivity index (χ0v) is 13.1. The lowest BCUT2D eigenvalue weighted by Crippen LogP contribution is -2.28. The summed E-state index contributed by atoms with van der Waals surface area (Å²) in [7, 11) is 0. The van der Waals surface area contributed by atoms with Gasteiger partial charge in [-0.1, -0.05) is 20.8 Å². The molecule has 0 amide bonds. The smallest absolute Gasteiger partial charge is 0.144 e. The van der Waals surface area contributed by atoms with Gasteiger partial charge in [-0.05, 0) is 38.1 Å². The molecule has 0 radical (unpaired) electrons. The Morgan fingerprint density at radius 2 is 2.10 bits per heavy atom. The van der Waals surface area contributed by atoms with Crippen molar-refractivity contribution in [3.05, 3.63) is 18.1 Å². The summed E-state index contributed by atoms with van der Waals surface area (Å²) in [4.78, 5) is 11.6. The molecule has 0 unspecified atom stereocenters. The van der Waals surface area contributed by atoms with E-state index in [1.807, 2.05) is 12.4 Å². The van der Waals surface area contributed by atoms with Gasteiger partial charge in [-0.3, -0.25) is 9.88 Å². The molecule has 1 aliphatic carbocycles. The van der Waals surface area contributed by atoms with Crippen molar-refractivity contribution in [2.45, 2.75) is 59.0 Å². The largest absolute Gasteiger partial charge is 0.369 e. The van der Waals surface area contributed by atoms with E-state index < -0.39 is 0 Å². The van der Waals surface area contributed by atoms with Crippen LogP contribution in [0.25, 0.3) is 0 Å². The van der Waals surface area contributed by atoms with Crippen LogP contribution in [0, 0.1) is 5.92 Å². The second kappa shape index (κ2) is 7.58. The van der Waals surface area contributed by atoms with E-state index in [1.54, 1.807) is 0 Å². The summed E-state index contributed by atoms with van der Waals surface area (Å²) in [6.45, 7) is 9.81. The molecule has 1 heterocycles. The van der Waals surface area contributed by atoms with Crippen LogP contribution in [-0.2, 0) is 6.54 Å². The normalized spacial score (nSPS) is 15.1. The van der Waals surface area contributed by atoms with Gasteiger partial charge in [0.2, 0.25) is 0 Å². The number of nitrogens with zero attached hydrogens (tertiary/aromatic N) is 3. The molecule has 0 aliphatic heterocycles. The molecule has 1 aliphatic rings. The fourth-order valence-electron chi connectivity index (χ4n) is 2.24. The number of aromatic nitrogens is 2. The molecule has 20 heavy (non-hydrogen) atoms. The van der Waals surface area contributed by atoms with Gasteiger partial charge in [0.25, 0.3) is 0 Å². The summed E-state index contributed by atoms with van der Waals surface area (Å²) in [5, 5.41) is 3.26. The Labute approximate surface area is 123 Å². The Bertz CT molecular complexity index is 384. The summed E-state index contributed by atoms with van der Waals surface area (Å²) < 4.78 is 0. The second-order valence-corrected chi connectivity index (χ2v) is 6.20. The van der Waals surface area contributed by atoms with Crippen molar-refractivity contribution in [1.82, 2.24) is 14.9 Å². The Morgan fingerprint density at radius 1 is 1.30 bits per heavy atom. The minimum atomic E-state index is 0.767. The molecule has 1 aromatic heterocycles. The van der Waals surface area contributed by atoms with Crippen LogP contribution >= 0.6 is 0 Å². The maximum Gasteiger partial charge on any atom is 0.144 e. The van der Waals surface area contributed by atoms with Crippen molar-refractivity contribution in [3.63, 3.8) is 0 Å². The molecular weight excluding hydrogens is 248 g/mol. The van der Waals surface area contributed by atoms with Crippen LogP contribution in [0.1, 0.15) is 52.1 Å². The van der Waals surface area contributed by atoms with Crippen LogP contribution in [0.5, 0.6) is 0 Å². The summed E-state index contributed by atoms with van der Waals surface area (Å²) in [6.07, 6.45) is 8.85. The van der Waals surface area contributed by atoms with Gasteiger partial charge in [-0.2, -0.15) is 0 Å². The van der Waals surface area contributed by atoms with Crippen LogP contribution in [0.3, 0.4) is 0 Å². The van der Waals surface area contributed by atoms with E-state index in [1.165, 1.54) is 25.8 Å². The van der Waals surface area contributed by atoms with Gasteiger partial charge in [0.15, 0.2) is 0 Å². The highest BCUT2D eigenvalue weighted by molar-refractivity contribution is 5.30. The molecule has 1 aromatic rings. The van der Waals surface area contributed by atoms with E-state index in [0.29, 0.717) is 0 Å². The van der Waals surface area contributed by atoms with Crippen molar-refractivity contribution in [1.29, 1.82) is 0 Å². The highest BCUT2D eigenvalue weighted by Crippen LogP contribution is 2.28. The van der Waals surface area contributed by atoms with E-state index in [9.17, 15) is 0 Å². The topological polar surface area (TPSA) is 41.1 Å². The minimum Gasteiger partial charge on any atom is -0.369 e. The van der Waals surface area contributed by atoms with Crippen molar-refractivity contribution in [2.75, 3.05) is 18.4 Å². The molecule has 1 saturated carbocycles. The van der Waals surface area contributed by atoms with Gasteiger partial charge in [-0.25, -0.2) is 4.98 Å². The second-order valence-electron chi connectivity index (χ2n) is 6.20. The molecule has 4 heteroatoms. The summed E-state index contributed by atoms with van der Waals surface area (Å²) in [5.41, 5.74) is 1.09. The lowest BCUT2D eigenvalue weighted by molar-refractivity contribution is 0.236. The third kappa shape index (κ3) is 5.08. The zero-order chi connectivity index (χ0) is 14.4. The molecule has 0 atom stereocenters. The number of nitrogens with one attached hydrogen (secondary N) is 1. The molecule has 0 bridgehead atoms. The first-order valence-electron chi connectivity index (χ1n) is 7.98. The molecule has 0 aromatic carbocycles. The first-order valence-corrected chi connectivity index (χ1v) is 7.98. The van der Waals surface area contributed by atoms with Crippen molar-refractivity contribution in [3.8, 4) is 0 Å². The number of rotatable bonds is 9. The van der Waals surface area contributed by atoms with Gasteiger partial charge in [-0.15, -0.1) is 0 Å². The third-order valence-corrected chi connectivity index (χ3v) is 3.68. The van der Waals surface area contributed by atoms with Crippen LogP contribution in [0.15, 0.2) is 12.4 Å². The van der Waals surface area contributed by atoms with Crippen molar-refractivity contribution in [2.24, 2.45) is 5.92 Å². The van der Waals surface area contributed by atoms with Crippen molar-refractivity contribution >= 4 is 5.82 Å². The molecule has 0 saturated heterocycles. The average Bonchev–Trinajstić information content (AvgIpc) is 3.27. The average molecular weight is 276 g/mol. The summed E-state index contributed by atoms with van der Waals surface area (Å²) in [5.74, 6) is 1.65. The van der Waals surface area contributed by atoms with E-state index in [0.717, 1.165) is 43.0 Å². The maximum atomic E-state index is 4.54. The molecule has 112 valence electrons. The van der Waals surface area contributed by atoms with E-state index in [2.05, 4.69) is 41.0 Å². The quantitative estimate of drug-likeness (QED) is 0.751. The SMILES string of the molecule is CCCNc1cnc(CN(CCC(C)C)C2CC2)cn1. The van der Waals surface area contributed by atoms with Crippen molar-refractivity contribution < 1.29 is 0 Å². The zero-order valence-electron chi connectivity index (χ0n) is 13.1. The van der Waals surface area contributed by atoms with Crippen LogP contribution < -0.4 is 5.32 Å². The standard InChI is InChI=1S/C16H28N4/c1-4-8-17-16-11-18-14(10-19-16)12-20(15-5-6-15)9-7-13(2)3/h10-11,13,15H,4-9,12H2,1-3H3,(H,17,19).